The molecule has 1 saturated heterocycles. The summed E-state index contributed by atoms with van der Waals surface area (Å²) in [5.41, 5.74) is 7.54. The van der Waals surface area contributed by atoms with Crippen molar-refractivity contribution in [2.24, 2.45) is 12.8 Å². The lowest BCUT2D eigenvalue weighted by Crippen LogP contribution is -2.21. The van der Waals surface area contributed by atoms with Crippen molar-refractivity contribution < 1.29 is 9.47 Å². The maximum absolute atomic E-state index is 5.59. The van der Waals surface area contributed by atoms with Crippen molar-refractivity contribution in [1.29, 1.82) is 0 Å². The molecule has 2 rings (SSSR count). The Hall–Kier alpha value is -0.910. The van der Waals surface area contributed by atoms with Crippen molar-refractivity contribution in [3.63, 3.8) is 0 Å². The smallest absolute Gasteiger partial charge is 0.187 e. The lowest BCUT2D eigenvalue weighted by Gasteiger charge is -2.09. The first kappa shape index (κ1) is 9.64. The number of nitrogens with two attached hydrogens (primary N) is 1. The predicted molar refractivity (Wildman–Crippen MR) is 50.6 cm³/mol. The van der Waals surface area contributed by atoms with Gasteiger partial charge in [0.2, 0.25) is 0 Å². The lowest BCUT2D eigenvalue weighted by molar-refractivity contribution is -0.0590. The minimum absolute atomic E-state index is 0.0135. The van der Waals surface area contributed by atoms with E-state index in [0.29, 0.717) is 13.2 Å². The summed E-state index contributed by atoms with van der Waals surface area (Å²) in [7, 11) is 1.90. The van der Waals surface area contributed by atoms with Crippen molar-refractivity contribution in [3.8, 4) is 0 Å². The molecule has 2 heterocycles. The van der Waals surface area contributed by atoms with Crippen LogP contribution in [0.3, 0.4) is 0 Å². The first-order valence-electron chi connectivity index (χ1n) is 4.68. The van der Waals surface area contributed by atoms with Crippen LogP contribution in [0.1, 0.15) is 17.5 Å². The van der Waals surface area contributed by atoms with Crippen LogP contribution in [0, 0.1) is 6.92 Å². The van der Waals surface area contributed by atoms with Crippen LogP contribution in [0.2, 0.25) is 0 Å². The van der Waals surface area contributed by atoms with E-state index in [1.165, 1.54) is 0 Å². The summed E-state index contributed by atoms with van der Waals surface area (Å²) in [6, 6.07) is 0. The molecule has 1 aromatic rings. The molecule has 2 N–H and O–H groups in total. The maximum atomic E-state index is 5.59. The van der Waals surface area contributed by atoms with Gasteiger partial charge in [0.05, 0.1) is 18.9 Å². The number of aryl methyl sites for hydroxylation is 1. The number of hydrogen-bond acceptors (Lipinski definition) is 4. The Bertz CT molecular complexity index is 324. The van der Waals surface area contributed by atoms with Gasteiger partial charge in [-0.2, -0.15) is 5.10 Å². The molecule has 0 spiro atoms. The van der Waals surface area contributed by atoms with E-state index in [0.717, 1.165) is 11.3 Å². The Morgan fingerprint density at radius 1 is 1.71 bits per heavy atom. The van der Waals surface area contributed by atoms with Crippen molar-refractivity contribution in [2.45, 2.75) is 19.3 Å². The molecule has 0 bridgehead atoms. The van der Waals surface area contributed by atoms with Crippen molar-refractivity contribution >= 4 is 0 Å². The molecule has 1 aliphatic rings. The van der Waals surface area contributed by atoms with Gasteiger partial charge in [-0.1, -0.05) is 0 Å². The van der Waals surface area contributed by atoms with Gasteiger partial charge in [-0.3, -0.25) is 4.68 Å². The van der Waals surface area contributed by atoms with Gasteiger partial charge in [0.25, 0.3) is 0 Å². The van der Waals surface area contributed by atoms with Crippen LogP contribution in [-0.2, 0) is 16.5 Å². The average Bonchev–Trinajstić information content (AvgIpc) is 2.75. The van der Waals surface area contributed by atoms with Gasteiger partial charge in [0.1, 0.15) is 0 Å². The van der Waals surface area contributed by atoms with E-state index in [4.69, 9.17) is 15.2 Å². The number of aromatic nitrogens is 2. The SMILES string of the molecule is Cc1c(C2OCC(CN)O2)cnn1C. The number of hydrogen-bond donors (Lipinski definition) is 1. The Morgan fingerprint density at radius 3 is 3.00 bits per heavy atom. The third kappa shape index (κ3) is 1.54. The zero-order valence-corrected chi connectivity index (χ0v) is 8.43. The molecule has 5 heteroatoms. The molecule has 78 valence electrons. The zero-order chi connectivity index (χ0) is 10.1. The lowest BCUT2D eigenvalue weighted by atomic mass is 10.2. The van der Waals surface area contributed by atoms with Crippen molar-refractivity contribution in [1.82, 2.24) is 9.78 Å². The van der Waals surface area contributed by atoms with Crippen LogP contribution >= 0.6 is 0 Å². The summed E-state index contributed by atoms with van der Waals surface area (Å²) in [6.07, 6.45) is 1.50. The Balaban J connectivity index is 2.13. The zero-order valence-electron chi connectivity index (χ0n) is 8.43. The fraction of sp³-hybridized carbons (Fsp3) is 0.667. The molecule has 1 aliphatic heterocycles. The van der Waals surface area contributed by atoms with E-state index in [9.17, 15) is 0 Å². The average molecular weight is 197 g/mol. The highest BCUT2D eigenvalue weighted by Gasteiger charge is 2.28. The predicted octanol–water partition coefficient (Wildman–Crippen LogP) is 0.101. The van der Waals surface area contributed by atoms with Crippen LogP contribution in [0.25, 0.3) is 0 Å². The number of ether oxygens (including phenoxy) is 2. The van der Waals surface area contributed by atoms with Crippen LogP contribution in [0.4, 0.5) is 0 Å². The van der Waals surface area contributed by atoms with Gasteiger partial charge in [0.15, 0.2) is 6.29 Å². The van der Waals surface area contributed by atoms with Crippen LogP contribution < -0.4 is 5.73 Å². The minimum atomic E-state index is -0.294. The van der Waals surface area contributed by atoms with Gasteiger partial charge in [-0.25, -0.2) is 0 Å². The summed E-state index contributed by atoms with van der Waals surface area (Å²) < 4.78 is 12.9. The van der Waals surface area contributed by atoms with Gasteiger partial charge in [-0.15, -0.1) is 0 Å². The third-order valence-electron chi connectivity index (χ3n) is 2.54. The second kappa shape index (κ2) is 3.68. The van der Waals surface area contributed by atoms with E-state index >= 15 is 0 Å². The molecule has 0 aliphatic carbocycles. The van der Waals surface area contributed by atoms with Gasteiger partial charge in [0, 0.05) is 24.8 Å². The second-order valence-corrected chi connectivity index (χ2v) is 3.47. The maximum Gasteiger partial charge on any atom is 0.187 e. The van der Waals surface area contributed by atoms with Gasteiger partial charge < -0.3 is 15.2 Å². The molecule has 14 heavy (non-hydrogen) atoms. The van der Waals surface area contributed by atoms with Crippen LogP contribution in [0.15, 0.2) is 6.20 Å². The number of nitrogens with zero attached hydrogens (tertiary/aromatic N) is 2. The van der Waals surface area contributed by atoms with Gasteiger partial charge >= 0.3 is 0 Å². The van der Waals surface area contributed by atoms with E-state index in [-0.39, 0.29) is 12.4 Å². The third-order valence-corrected chi connectivity index (χ3v) is 2.54. The van der Waals surface area contributed by atoms with Crippen molar-refractivity contribution in [3.05, 3.63) is 17.5 Å². The largest absolute Gasteiger partial charge is 0.345 e. The first-order chi connectivity index (χ1) is 6.72. The molecule has 2 unspecified atom stereocenters. The summed E-state index contributed by atoms with van der Waals surface area (Å²) in [6.45, 7) is 3.05. The molecule has 0 radical (unpaired) electrons. The molecular weight excluding hydrogens is 182 g/mol. The minimum Gasteiger partial charge on any atom is -0.345 e. The van der Waals surface area contributed by atoms with Crippen LogP contribution in [-0.4, -0.2) is 29.0 Å². The standard InChI is InChI=1S/C9H15N3O2/c1-6-8(4-11-12(6)2)9-13-5-7(3-10)14-9/h4,7,9H,3,5,10H2,1-2H3. The quantitative estimate of drug-likeness (QED) is 0.730. The van der Waals surface area contributed by atoms with E-state index in [2.05, 4.69) is 5.10 Å². The molecule has 0 amide bonds. The fourth-order valence-electron chi connectivity index (χ4n) is 1.48. The Labute approximate surface area is 82.8 Å². The first-order valence-corrected chi connectivity index (χ1v) is 4.68. The van der Waals surface area contributed by atoms with E-state index in [1.807, 2.05) is 14.0 Å². The Kier molecular flexibility index (Phi) is 2.54. The number of rotatable bonds is 2. The van der Waals surface area contributed by atoms with Gasteiger partial charge in [-0.05, 0) is 6.92 Å². The fourth-order valence-corrected chi connectivity index (χ4v) is 1.48. The second-order valence-electron chi connectivity index (χ2n) is 3.47. The summed E-state index contributed by atoms with van der Waals surface area (Å²) in [5, 5.41) is 4.14. The molecule has 1 aromatic heterocycles. The molecule has 5 nitrogen and oxygen atoms in total. The summed E-state index contributed by atoms with van der Waals surface area (Å²) in [4.78, 5) is 0. The van der Waals surface area contributed by atoms with E-state index in [1.54, 1.807) is 10.9 Å². The molecule has 2 atom stereocenters. The highest BCUT2D eigenvalue weighted by atomic mass is 16.7. The molecule has 0 saturated carbocycles. The highest BCUT2D eigenvalue weighted by Crippen LogP contribution is 2.28. The highest BCUT2D eigenvalue weighted by molar-refractivity contribution is 5.17. The molecular formula is C9H15N3O2. The molecule has 1 fully saturated rings. The Morgan fingerprint density at radius 2 is 2.50 bits per heavy atom. The molecule has 0 aromatic carbocycles. The van der Waals surface area contributed by atoms with E-state index < -0.39 is 0 Å². The summed E-state index contributed by atoms with van der Waals surface area (Å²) >= 11 is 0. The monoisotopic (exact) mass is 197 g/mol. The normalized spacial score (nSPS) is 27.1. The summed E-state index contributed by atoms with van der Waals surface area (Å²) in [5.74, 6) is 0. The van der Waals surface area contributed by atoms with Crippen molar-refractivity contribution in [2.75, 3.05) is 13.2 Å². The topological polar surface area (TPSA) is 62.3 Å². The van der Waals surface area contributed by atoms with Crippen LogP contribution in [0.5, 0.6) is 0 Å².